The largest absolute Gasteiger partial charge is 0.440 e. The number of aryl methyl sites for hydroxylation is 1. The lowest BCUT2D eigenvalue weighted by Gasteiger charge is -2.18. The number of hydrogen-bond acceptors (Lipinski definition) is 5. The topological polar surface area (TPSA) is 58.4 Å². The van der Waals surface area contributed by atoms with Crippen LogP contribution in [0.4, 0.5) is 0 Å². The lowest BCUT2D eigenvalue weighted by Crippen LogP contribution is -2.36. The second-order valence-electron chi connectivity index (χ2n) is 4.72. The molecule has 6 heteroatoms. The van der Waals surface area contributed by atoms with Crippen LogP contribution >= 0.6 is 11.3 Å². The van der Waals surface area contributed by atoms with Gasteiger partial charge in [-0.3, -0.25) is 10.2 Å². The fourth-order valence-electron chi connectivity index (χ4n) is 2.13. The summed E-state index contributed by atoms with van der Waals surface area (Å²) in [5.74, 6) is 1.52. The second kappa shape index (κ2) is 4.79. The average molecular weight is 277 g/mol. The molecular formula is C13H15N3O2S. The summed E-state index contributed by atoms with van der Waals surface area (Å²) in [6, 6.07) is 4.15. The van der Waals surface area contributed by atoms with Crippen LogP contribution in [0.3, 0.4) is 0 Å². The Balaban J connectivity index is 1.80. The fourth-order valence-corrected chi connectivity index (χ4v) is 2.78. The van der Waals surface area contributed by atoms with Crippen LogP contribution in [0.5, 0.6) is 0 Å². The van der Waals surface area contributed by atoms with E-state index in [2.05, 4.69) is 10.4 Å². The number of rotatable bonds is 3. The van der Waals surface area contributed by atoms with E-state index in [-0.39, 0.29) is 11.9 Å². The molecule has 3 heterocycles. The van der Waals surface area contributed by atoms with Gasteiger partial charge in [-0.2, -0.15) is 0 Å². The van der Waals surface area contributed by atoms with E-state index in [1.54, 1.807) is 11.3 Å². The van der Waals surface area contributed by atoms with Gasteiger partial charge in [-0.1, -0.05) is 6.07 Å². The molecule has 1 amide bonds. The van der Waals surface area contributed by atoms with Crippen LogP contribution in [0.1, 0.15) is 24.8 Å². The van der Waals surface area contributed by atoms with E-state index in [0.29, 0.717) is 18.9 Å². The van der Waals surface area contributed by atoms with Crippen molar-refractivity contribution < 1.29 is 9.21 Å². The first kappa shape index (κ1) is 12.4. The van der Waals surface area contributed by atoms with Gasteiger partial charge in [0.05, 0.1) is 17.1 Å². The number of oxazole rings is 1. The van der Waals surface area contributed by atoms with Gasteiger partial charge in [0.1, 0.15) is 5.76 Å². The van der Waals surface area contributed by atoms with Gasteiger partial charge in [-0.05, 0) is 25.3 Å². The normalized spacial score (nSPS) is 19.9. The highest BCUT2D eigenvalue weighted by molar-refractivity contribution is 7.13. The molecule has 0 aliphatic carbocycles. The minimum Gasteiger partial charge on any atom is -0.440 e. The summed E-state index contributed by atoms with van der Waals surface area (Å²) in [4.78, 5) is 16.9. The maximum atomic E-state index is 11.3. The Hall–Kier alpha value is -1.66. The van der Waals surface area contributed by atoms with E-state index in [9.17, 15) is 4.79 Å². The molecule has 2 aromatic rings. The first-order valence-corrected chi connectivity index (χ1v) is 7.08. The summed E-state index contributed by atoms with van der Waals surface area (Å²) < 4.78 is 5.69. The first-order valence-electron chi connectivity index (χ1n) is 6.20. The Morgan fingerprint density at radius 1 is 1.63 bits per heavy atom. The summed E-state index contributed by atoms with van der Waals surface area (Å²) in [5, 5.41) is 3.91. The van der Waals surface area contributed by atoms with Gasteiger partial charge in [-0.15, -0.1) is 11.3 Å². The van der Waals surface area contributed by atoms with Crippen molar-refractivity contribution in [2.75, 3.05) is 0 Å². The predicted octanol–water partition coefficient (Wildman–Crippen LogP) is 2.34. The molecule has 1 atom stereocenters. The SMILES string of the molecule is Cc1oc(-c2cccs2)nc1CN1NC(=O)CC1C. The summed E-state index contributed by atoms with van der Waals surface area (Å²) in [6.45, 7) is 4.50. The Morgan fingerprint density at radius 2 is 2.47 bits per heavy atom. The van der Waals surface area contributed by atoms with Gasteiger partial charge in [0, 0.05) is 12.5 Å². The van der Waals surface area contributed by atoms with Crippen LogP contribution in [0, 0.1) is 6.92 Å². The zero-order valence-corrected chi connectivity index (χ0v) is 11.7. The van der Waals surface area contributed by atoms with E-state index in [1.807, 2.05) is 36.4 Å². The number of carbonyl (C=O) groups excluding carboxylic acids is 1. The third-order valence-corrected chi connectivity index (χ3v) is 4.08. The van der Waals surface area contributed by atoms with Crippen molar-refractivity contribution in [2.24, 2.45) is 0 Å². The molecule has 1 fully saturated rings. The maximum absolute atomic E-state index is 11.3. The van der Waals surface area contributed by atoms with Crippen molar-refractivity contribution in [2.45, 2.75) is 32.9 Å². The smallest absolute Gasteiger partial charge is 0.236 e. The van der Waals surface area contributed by atoms with Crippen LogP contribution in [0.25, 0.3) is 10.8 Å². The molecule has 0 saturated carbocycles. The van der Waals surface area contributed by atoms with Crippen LogP contribution in [-0.4, -0.2) is 21.9 Å². The number of carbonyl (C=O) groups is 1. The minimum absolute atomic E-state index is 0.0622. The van der Waals surface area contributed by atoms with E-state index in [4.69, 9.17) is 4.42 Å². The maximum Gasteiger partial charge on any atom is 0.236 e. The number of hydrogen-bond donors (Lipinski definition) is 1. The van der Waals surface area contributed by atoms with Gasteiger partial charge < -0.3 is 4.42 Å². The molecule has 0 bridgehead atoms. The second-order valence-corrected chi connectivity index (χ2v) is 5.66. The Labute approximate surface area is 115 Å². The van der Waals surface area contributed by atoms with Gasteiger partial charge in [-0.25, -0.2) is 9.99 Å². The summed E-state index contributed by atoms with van der Waals surface area (Å²) in [7, 11) is 0. The van der Waals surface area contributed by atoms with Gasteiger partial charge in [0.15, 0.2) is 0 Å². The van der Waals surface area contributed by atoms with E-state index >= 15 is 0 Å². The molecule has 0 spiro atoms. The fraction of sp³-hybridized carbons (Fsp3) is 0.385. The molecule has 1 saturated heterocycles. The van der Waals surface area contributed by atoms with Crippen LogP contribution < -0.4 is 5.43 Å². The van der Waals surface area contributed by atoms with Crippen LogP contribution in [-0.2, 0) is 11.3 Å². The molecule has 3 rings (SSSR count). The molecule has 19 heavy (non-hydrogen) atoms. The number of aromatic nitrogens is 1. The Morgan fingerprint density at radius 3 is 3.11 bits per heavy atom. The lowest BCUT2D eigenvalue weighted by molar-refractivity contribution is -0.121. The molecule has 1 unspecified atom stereocenters. The van der Waals surface area contributed by atoms with Gasteiger partial charge >= 0.3 is 0 Å². The van der Waals surface area contributed by atoms with Crippen molar-refractivity contribution in [1.29, 1.82) is 0 Å². The van der Waals surface area contributed by atoms with Crippen LogP contribution in [0.2, 0.25) is 0 Å². The zero-order chi connectivity index (χ0) is 13.4. The number of hydrazine groups is 1. The zero-order valence-electron chi connectivity index (χ0n) is 10.8. The number of nitrogens with one attached hydrogen (secondary N) is 1. The average Bonchev–Trinajstić information content (AvgIpc) is 3.03. The highest BCUT2D eigenvalue weighted by Crippen LogP contribution is 2.26. The first-order chi connectivity index (χ1) is 9.13. The molecule has 1 aliphatic rings. The Kier molecular flexibility index (Phi) is 3.12. The standard InChI is InChI=1S/C13H15N3O2S/c1-8-6-12(17)15-16(8)7-10-9(2)18-13(14-10)11-4-3-5-19-11/h3-5,8H,6-7H2,1-2H3,(H,15,17). The minimum atomic E-state index is 0.0622. The molecule has 100 valence electrons. The molecular weight excluding hydrogens is 262 g/mol. The number of amides is 1. The molecule has 2 aromatic heterocycles. The summed E-state index contributed by atoms with van der Waals surface area (Å²) >= 11 is 1.60. The molecule has 0 radical (unpaired) electrons. The van der Waals surface area contributed by atoms with E-state index in [0.717, 1.165) is 16.3 Å². The van der Waals surface area contributed by atoms with Crippen LogP contribution in [0.15, 0.2) is 21.9 Å². The predicted molar refractivity (Wildman–Crippen MR) is 72.3 cm³/mol. The van der Waals surface area contributed by atoms with Crippen molar-refractivity contribution in [3.8, 4) is 10.8 Å². The van der Waals surface area contributed by atoms with Crippen molar-refractivity contribution in [1.82, 2.24) is 15.4 Å². The van der Waals surface area contributed by atoms with Gasteiger partial charge in [0.25, 0.3) is 0 Å². The third kappa shape index (κ3) is 2.41. The summed E-state index contributed by atoms with van der Waals surface area (Å²) in [6.07, 6.45) is 0.536. The monoisotopic (exact) mass is 277 g/mol. The van der Waals surface area contributed by atoms with Crippen molar-refractivity contribution >= 4 is 17.2 Å². The van der Waals surface area contributed by atoms with Crippen molar-refractivity contribution in [3.63, 3.8) is 0 Å². The van der Waals surface area contributed by atoms with E-state index in [1.165, 1.54) is 0 Å². The summed E-state index contributed by atoms with van der Waals surface area (Å²) in [5.41, 5.74) is 3.71. The number of thiophene rings is 1. The molecule has 1 aliphatic heterocycles. The lowest BCUT2D eigenvalue weighted by atomic mass is 10.2. The molecule has 5 nitrogen and oxygen atoms in total. The molecule has 0 aromatic carbocycles. The quantitative estimate of drug-likeness (QED) is 0.935. The Bertz CT molecular complexity index is 591. The van der Waals surface area contributed by atoms with Gasteiger partial charge in [0.2, 0.25) is 11.8 Å². The third-order valence-electron chi connectivity index (χ3n) is 3.23. The molecule has 1 N–H and O–H groups in total. The van der Waals surface area contributed by atoms with Crippen molar-refractivity contribution in [3.05, 3.63) is 29.0 Å². The number of nitrogens with zero attached hydrogens (tertiary/aromatic N) is 2. The highest BCUT2D eigenvalue weighted by atomic mass is 32.1. The van der Waals surface area contributed by atoms with E-state index < -0.39 is 0 Å². The highest BCUT2D eigenvalue weighted by Gasteiger charge is 2.28.